The van der Waals surface area contributed by atoms with E-state index in [1.54, 1.807) is 4.90 Å². The Morgan fingerprint density at radius 2 is 2.40 bits per heavy atom. The van der Waals surface area contributed by atoms with Crippen molar-refractivity contribution in [3.8, 4) is 0 Å². The Labute approximate surface area is 92.6 Å². The summed E-state index contributed by atoms with van der Waals surface area (Å²) in [6, 6.07) is 0. The van der Waals surface area contributed by atoms with Crippen LogP contribution in [0.1, 0.15) is 23.9 Å². The molecule has 15 heavy (non-hydrogen) atoms. The first kappa shape index (κ1) is 10.6. The number of nitrogens with zero attached hydrogens (tertiary/aromatic N) is 2. The molecular weight excluding hydrogens is 212 g/mol. The van der Waals surface area contributed by atoms with Crippen molar-refractivity contribution in [1.29, 1.82) is 0 Å². The van der Waals surface area contributed by atoms with Gasteiger partial charge in [0.1, 0.15) is 0 Å². The van der Waals surface area contributed by atoms with Crippen LogP contribution in [0.25, 0.3) is 0 Å². The molecule has 1 aliphatic heterocycles. The van der Waals surface area contributed by atoms with Crippen molar-refractivity contribution in [1.82, 2.24) is 4.98 Å². The molecular formula is C10H14N2O2S. The quantitative estimate of drug-likeness (QED) is 0.822. The van der Waals surface area contributed by atoms with Crippen LogP contribution in [-0.4, -0.2) is 28.6 Å². The molecule has 0 bridgehead atoms. The van der Waals surface area contributed by atoms with E-state index in [4.69, 9.17) is 0 Å². The van der Waals surface area contributed by atoms with Gasteiger partial charge in [-0.1, -0.05) is 6.92 Å². The maximum Gasteiger partial charge on any atom is 0.231 e. The molecule has 4 nitrogen and oxygen atoms in total. The van der Waals surface area contributed by atoms with Gasteiger partial charge in [-0.05, 0) is 13.3 Å². The van der Waals surface area contributed by atoms with Gasteiger partial charge in [-0.2, -0.15) is 0 Å². The topological polar surface area (TPSA) is 53.4 Å². The summed E-state index contributed by atoms with van der Waals surface area (Å²) in [6.07, 6.45) is 0.569. The third kappa shape index (κ3) is 1.89. The largest absolute Gasteiger partial charge is 0.391 e. The highest BCUT2D eigenvalue weighted by molar-refractivity contribution is 7.15. The van der Waals surface area contributed by atoms with E-state index < -0.39 is 6.10 Å². The molecule has 1 unspecified atom stereocenters. The number of hydrogen-bond donors (Lipinski definition) is 1. The summed E-state index contributed by atoms with van der Waals surface area (Å²) in [5.41, 5.74) is 1.05. The Hall–Kier alpha value is -0.940. The number of carbonyl (C=O) groups is 1. The summed E-state index contributed by atoms with van der Waals surface area (Å²) < 4.78 is 0. The molecule has 1 aromatic rings. The Morgan fingerprint density at radius 3 is 2.87 bits per heavy atom. The molecule has 2 heterocycles. The van der Waals surface area contributed by atoms with Crippen LogP contribution < -0.4 is 4.90 Å². The minimum Gasteiger partial charge on any atom is -0.391 e. The molecule has 1 amide bonds. The summed E-state index contributed by atoms with van der Waals surface area (Å²) in [6.45, 7) is 4.44. The monoisotopic (exact) mass is 226 g/mol. The lowest BCUT2D eigenvalue weighted by Gasteiger charge is -2.10. The molecule has 1 aliphatic rings. The van der Waals surface area contributed by atoms with Crippen LogP contribution in [0.3, 0.4) is 0 Å². The summed E-state index contributed by atoms with van der Waals surface area (Å²) in [7, 11) is 0. The van der Waals surface area contributed by atoms with Gasteiger partial charge in [0, 0.05) is 4.88 Å². The third-order valence-corrected chi connectivity index (χ3v) is 3.59. The zero-order chi connectivity index (χ0) is 11.0. The van der Waals surface area contributed by atoms with Crippen LogP contribution in [0, 0.1) is 6.92 Å². The highest BCUT2D eigenvalue weighted by Gasteiger charge is 2.31. The first-order valence-electron chi connectivity index (χ1n) is 5.06. The van der Waals surface area contributed by atoms with Crippen LogP contribution in [0.15, 0.2) is 0 Å². The molecule has 1 N–H and O–H groups in total. The van der Waals surface area contributed by atoms with Gasteiger partial charge >= 0.3 is 0 Å². The molecule has 0 spiro atoms. The minimum absolute atomic E-state index is 0.0288. The van der Waals surface area contributed by atoms with Gasteiger partial charge in [-0.3, -0.25) is 9.69 Å². The molecule has 0 saturated carbocycles. The average Bonchev–Trinajstić information content (AvgIpc) is 2.69. The number of aromatic nitrogens is 1. The van der Waals surface area contributed by atoms with Crippen molar-refractivity contribution in [3.05, 3.63) is 10.6 Å². The van der Waals surface area contributed by atoms with Crippen molar-refractivity contribution in [2.45, 2.75) is 32.8 Å². The van der Waals surface area contributed by atoms with Crippen LogP contribution in [0.5, 0.6) is 0 Å². The molecule has 1 fully saturated rings. The first-order valence-corrected chi connectivity index (χ1v) is 5.88. The van der Waals surface area contributed by atoms with Gasteiger partial charge in [0.05, 0.1) is 24.8 Å². The third-order valence-electron chi connectivity index (χ3n) is 2.55. The minimum atomic E-state index is -0.535. The van der Waals surface area contributed by atoms with Crippen LogP contribution in [0.2, 0.25) is 0 Å². The molecule has 82 valence electrons. The molecule has 0 aromatic carbocycles. The van der Waals surface area contributed by atoms with E-state index in [0.29, 0.717) is 6.54 Å². The number of thiazole rings is 1. The first-order chi connectivity index (χ1) is 7.11. The fraction of sp³-hybridized carbons (Fsp3) is 0.600. The molecule has 0 aliphatic carbocycles. The number of carbonyl (C=O) groups excluding carboxylic acids is 1. The van der Waals surface area contributed by atoms with Gasteiger partial charge in [0.15, 0.2) is 5.13 Å². The fourth-order valence-corrected chi connectivity index (χ4v) is 2.75. The number of hydrogen-bond acceptors (Lipinski definition) is 4. The second-order valence-corrected chi connectivity index (χ2v) is 4.90. The number of anilines is 1. The Morgan fingerprint density at radius 1 is 1.67 bits per heavy atom. The van der Waals surface area contributed by atoms with E-state index >= 15 is 0 Å². The molecule has 1 saturated heterocycles. The number of amides is 1. The lowest BCUT2D eigenvalue weighted by Crippen LogP contribution is -2.25. The van der Waals surface area contributed by atoms with Crippen LogP contribution in [-0.2, 0) is 11.2 Å². The zero-order valence-electron chi connectivity index (χ0n) is 8.86. The van der Waals surface area contributed by atoms with E-state index in [1.807, 2.05) is 13.8 Å². The standard InChI is InChI=1S/C10H14N2O2S/c1-3-8-6(2)15-10(11-8)12-5-7(13)4-9(12)14/h7,13H,3-5H2,1-2H3. The Bertz CT molecular complexity index is 389. The highest BCUT2D eigenvalue weighted by Crippen LogP contribution is 2.29. The lowest BCUT2D eigenvalue weighted by molar-refractivity contribution is -0.117. The van der Waals surface area contributed by atoms with Gasteiger partial charge in [-0.15, -0.1) is 11.3 Å². The maximum atomic E-state index is 11.5. The van der Waals surface area contributed by atoms with Crippen molar-refractivity contribution in [2.24, 2.45) is 0 Å². The molecule has 1 atom stereocenters. The van der Waals surface area contributed by atoms with Crippen molar-refractivity contribution in [3.63, 3.8) is 0 Å². The van der Waals surface area contributed by atoms with Gasteiger partial charge < -0.3 is 5.11 Å². The van der Waals surface area contributed by atoms with E-state index in [1.165, 1.54) is 11.3 Å². The second-order valence-electron chi connectivity index (χ2n) is 3.72. The summed E-state index contributed by atoms with van der Waals surface area (Å²) in [4.78, 5) is 18.7. The summed E-state index contributed by atoms with van der Waals surface area (Å²) >= 11 is 1.52. The number of aliphatic hydroxyl groups excluding tert-OH is 1. The number of aryl methyl sites for hydroxylation is 2. The molecule has 2 rings (SSSR count). The second kappa shape index (κ2) is 3.90. The van der Waals surface area contributed by atoms with E-state index in [-0.39, 0.29) is 12.3 Å². The number of β-amino-alcohol motifs (C(OH)–C–C–N with tert-alkyl or cyclic N) is 1. The smallest absolute Gasteiger partial charge is 0.231 e. The van der Waals surface area contributed by atoms with Gasteiger partial charge in [0.25, 0.3) is 0 Å². The lowest BCUT2D eigenvalue weighted by atomic mass is 10.3. The summed E-state index contributed by atoms with van der Waals surface area (Å²) in [5.74, 6) is -0.0288. The van der Waals surface area contributed by atoms with Crippen molar-refractivity contribution >= 4 is 22.4 Å². The van der Waals surface area contributed by atoms with Crippen LogP contribution >= 0.6 is 11.3 Å². The van der Waals surface area contributed by atoms with E-state index in [9.17, 15) is 9.90 Å². The highest BCUT2D eigenvalue weighted by atomic mass is 32.1. The predicted octanol–water partition coefficient (Wildman–Crippen LogP) is 1.11. The van der Waals surface area contributed by atoms with Gasteiger partial charge in [-0.25, -0.2) is 4.98 Å². The average molecular weight is 226 g/mol. The summed E-state index contributed by atoms with van der Waals surface area (Å²) in [5, 5.41) is 10.1. The van der Waals surface area contributed by atoms with Crippen molar-refractivity contribution in [2.75, 3.05) is 11.4 Å². The van der Waals surface area contributed by atoms with Gasteiger partial charge in [0.2, 0.25) is 5.91 Å². The molecule has 5 heteroatoms. The van der Waals surface area contributed by atoms with Crippen molar-refractivity contribution < 1.29 is 9.90 Å². The number of rotatable bonds is 2. The maximum absolute atomic E-state index is 11.5. The Balaban J connectivity index is 2.26. The fourth-order valence-electron chi connectivity index (χ4n) is 1.73. The zero-order valence-corrected chi connectivity index (χ0v) is 9.67. The molecule has 0 radical (unpaired) electrons. The van der Waals surface area contributed by atoms with E-state index in [2.05, 4.69) is 4.98 Å². The van der Waals surface area contributed by atoms with E-state index in [0.717, 1.165) is 22.1 Å². The Kier molecular flexibility index (Phi) is 2.75. The normalized spacial score (nSPS) is 21.4. The predicted molar refractivity (Wildman–Crippen MR) is 59.2 cm³/mol. The number of aliphatic hydroxyl groups is 1. The SMILES string of the molecule is CCc1nc(N2CC(O)CC2=O)sc1C. The molecule has 1 aromatic heterocycles. The van der Waals surface area contributed by atoms with Crippen LogP contribution in [0.4, 0.5) is 5.13 Å².